The molecule has 2 N–H and O–H groups in total. The van der Waals surface area contributed by atoms with Crippen molar-refractivity contribution < 1.29 is 8.78 Å². The van der Waals surface area contributed by atoms with Crippen LogP contribution in [-0.2, 0) is 0 Å². The molecule has 0 aromatic rings. The fraction of sp³-hybridized carbons (Fsp3) is 1.00. The van der Waals surface area contributed by atoms with Crippen molar-refractivity contribution in [2.24, 2.45) is 11.1 Å². The van der Waals surface area contributed by atoms with Crippen LogP contribution < -0.4 is 5.73 Å². The highest BCUT2D eigenvalue weighted by atomic mass is 19.3. The molecule has 2 nitrogen and oxygen atoms in total. The molecular formula is C10H22F2N2. The highest BCUT2D eigenvalue weighted by Crippen LogP contribution is 2.19. The van der Waals surface area contributed by atoms with Gasteiger partial charge in [-0.2, -0.15) is 0 Å². The Balaban J connectivity index is 3.82. The Labute approximate surface area is 85.5 Å². The highest BCUT2D eigenvalue weighted by molar-refractivity contribution is 4.72. The third kappa shape index (κ3) is 7.21. The van der Waals surface area contributed by atoms with Crippen LogP contribution in [0, 0.1) is 5.41 Å². The first-order chi connectivity index (χ1) is 6.16. The Morgan fingerprint density at radius 3 is 2.07 bits per heavy atom. The molecule has 0 aliphatic heterocycles. The molecule has 0 spiro atoms. The van der Waals surface area contributed by atoms with Crippen molar-refractivity contribution in [2.45, 2.75) is 33.1 Å². The van der Waals surface area contributed by atoms with Crippen LogP contribution in [0.15, 0.2) is 0 Å². The van der Waals surface area contributed by atoms with Crippen molar-refractivity contribution in [2.75, 3.05) is 26.7 Å². The van der Waals surface area contributed by atoms with Gasteiger partial charge in [-0.3, -0.25) is 0 Å². The topological polar surface area (TPSA) is 29.3 Å². The molecular weight excluding hydrogens is 186 g/mol. The van der Waals surface area contributed by atoms with E-state index in [2.05, 4.69) is 20.8 Å². The van der Waals surface area contributed by atoms with E-state index in [1.54, 1.807) is 11.9 Å². The van der Waals surface area contributed by atoms with Crippen molar-refractivity contribution in [3.8, 4) is 0 Å². The van der Waals surface area contributed by atoms with E-state index in [1.165, 1.54) is 0 Å². The largest absolute Gasteiger partial charge is 0.325 e. The number of alkyl halides is 2. The first kappa shape index (κ1) is 13.8. The Kier molecular flexibility index (Phi) is 4.95. The molecule has 0 rings (SSSR count). The van der Waals surface area contributed by atoms with Gasteiger partial charge < -0.3 is 10.6 Å². The van der Waals surface area contributed by atoms with E-state index >= 15 is 0 Å². The number of hydrogen-bond acceptors (Lipinski definition) is 2. The number of rotatable bonds is 5. The van der Waals surface area contributed by atoms with E-state index in [4.69, 9.17) is 5.73 Å². The molecule has 0 saturated heterocycles. The number of halogens is 2. The first-order valence-electron chi connectivity index (χ1n) is 4.93. The minimum absolute atomic E-state index is 0.187. The van der Waals surface area contributed by atoms with Crippen LogP contribution in [-0.4, -0.2) is 37.5 Å². The van der Waals surface area contributed by atoms with E-state index in [9.17, 15) is 8.78 Å². The highest BCUT2D eigenvalue weighted by Gasteiger charge is 2.28. The fourth-order valence-corrected chi connectivity index (χ4v) is 1.06. The molecule has 86 valence electrons. The maximum absolute atomic E-state index is 12.9. The molecule has 0 saturated carbocycles. The zero-order valence-corrected chi connectivity index (χ0v) is 9.61. The quantitative estimate of drug-likeness (QED) is 0.748. The van der Waals surface area contributed by atoms with Gasteiger partial charge in [-0.1, -0.05) is 20.8 Å². The van der Waals surface area contributed by atoms with Gasteiger partial charge >= 0.3 is 0 Å². The third-order valence-electron chi connectivity index (χ3n) is 2.04. The van der Waals surface area contributed by atoms with Crippen molar-refractivity contribution in [1.29, 1.82) is 0 Å². The summed E-state index contributed by atoms with van der Waals surface area (Å²) in [6.45, 7) is 6.15. The number of hydrogen-bond donors (Lipinski definition) is 1. The minimum atomic E-state index is -2.76. The molecule has 0 aliphatic rings. The molecule has 0 radical (unpaired) electrons. The summed E-state index contributed by atoms with van der Waals surface area (Å²) in [4.78, 5) is 1.64. The molecule has 0 aromatic heterocycles. The summed E-state index contributed by atoms with van der Waals surface area (Å²) >= 11 is 0. The van der Waals surface area contributed by atoms with Gasteiger partial charge in [-0.25, -0.2) is 8.78 Å². The van der Waals surface area contributed by atoms with Gasteiger partial charge in [0.05, 0.1) is 13.1 Å². The second-order valence-electron chi connectivity index (χ2n) is 5.11. The number of nitrogens with two attached hydrogens (primary N) is 1. The van der Waals surface area contributed by atoms with E-state index < -0.39 is 12.5 Å². The van der Waals surface area contributed by atoms with Gasteiger partial charge in [0, 0.05) is 0 Å². The van der Waals surface area contributed by atoms with Crippen LogP contribution in [0.1, 0.15) is 27.2 Å². The smallest absolute Gasteiger partial charge is 0.272 e. The lowest BCUT2D eigenvalue weighted by Crippen LogP contribution is -2.41. The summed E-state index contributed by atoms with van der Waals surface area (Å²) in [6, 6.07) is 0. The van der Waals surface area contributed by atoms with E-state index in [-0.39, 0.29) is 12.0 Å². The van der Waals surface area contributed by atoms with Crippen LogP contribution in [0.25, 0.3) is 0 Å². The SMILES string of the molecule is CN(CCC(C)(C)C)CC(F)(F)CN. The molecule has 0 unspecified atom stereocenters. The van der Waals surface area contributed by atoms with Crippen LogP contribution in [0.4, 0.5) is 8.78 Å². The summed E-state index contributed by atoms with van der Waals surface area (Å²) in [5, 5.41) is 0. The third-order valence-corrected chi connectivity index (χ3v) is 2.04. The lowest BCUT2D eigenvalue weighted by atomic mass is 9.92. The molecule has 4 heteroatoms. The molecule has 0 amide bonds. The summed E-state index contributed by atoms with van der Waals surface area (Å²) < 4.78 is 25.7. The van der Waals surface area contributed by atoms with Gasteiger partial charge in [-0.15, -0.1) is 0 Å². The predicted molar refractivity (Wildman–Crippen MR) is 55.6 cm³/mol. The minimum Gasteiger partial charge on any atom is -0.325 e. The molecule has 0 atom stereocenters. The van der Waals surface area contributed by atoms with Crippen molar-refractivity contribution in [1.82, 2.24) is 4.90 Å². The van der Waals surface area contributed by atoms with Crippen molar-refractivity contribution in [3.63, 3.8) is 0 Å². The lowest BCUT2D eigenvalue weighted by molar-refractivity contribution is -0.0190. The van der Waals surface area contributed by atoms with Gasteiger partial charge in [0.15, 0.2) is 0 Å². The van der Waals surface area contributed by atoms with Crippen LogP contribution in [0.3, 0.4) is 0 Å². The molecule has 0 bridgehead atoms. The zero-order valence-electron chi connectivity index (χ0n) is 9.61. The van der Waals surface area contributed by atoms with Gasteiger partial charge in [0.2, 0.25) is 0 Å². The Bertz CT molecular complexity index is 164. The van der Waals surface area contributed by atoms with Gasteiger partial charge in [0.1, 0.15) is 0 Å². The van der Waals surface area contributed by atoms with E-state index in [0.29, 0.717) is 6.54 Å². The summed E-state index contributed by atoms with van der Waals surface area (Å²) in [6.07, 6.45) is 0.907. The average molecular weight is 208 g/mol. The molecule has 0 fully saturated rings. The Morgan fingerprint density at radius 1 is 1.21 bits per heavy atom. The monoisotopic (exact) mass is 208 g/mol. The number of nitrogens with zero attached hydrogens (tertiary/aromatic N) is 1. The van der Waals surface area contributed by atoms with Crippen molar-refractivity contribution in [3.05, 3.63) is 0 Å². The Morgan fingerprint density at radius 2 is 1.71 bits per heavy atom. The predicted octanol–water partition coefficient (Wildman–Crippen LogP) is 1.95. The van der Waals surface area contributed by atoms with Crippen LogP contribution in [0.5, 0.6) is 0 Å². The summed E-state index contributed by atoms with van der Waals surface area (Å²) in [5.41, 5.74) is 5.15. The Hall–Kier alpha value is -0.220. The average Bonchev–Trinajstić information content (AvgIpc) is 1.99. The molecule has 14 heavy (non-hydrogen) atoms. The second-order valence-corrected chi connectivity index (χ2v) is 5.11. The van der Waals surface area contributed by atoms with E-state index in [1.807, 2.05) is 0 Å². The lowest BCUT2D eigenvalue weighted by Gasteiger charge is -2.26. The maximum atomic E-state index is 12.9. The maximum Gasteiger partial charge on any atom is 0.272 e. The summed E-state index contributed by atoms with van der Waals surface area (Å²) in [7, 11) is 1.70. The van der Waals surface area contributed by atoms with Crippen LogP contribution in [0.2, 0.25) is 0 Å². The standard InChI is InChI=1S/C10H22F2N2/c1-9(2,3)5-6-14(4)8-10(11,12)7-13/h5-8,13H2,1-4H3. The normalized spacial score (nSPS) is 13.7. The zero-order chi connectivity index (χ0) is 11.4. The van der Waals surface area contributed by atoms with Crippen molar-refractivity contribution >= 4 is 0 Å². The van der Waals surface area contributed by atoms with Gasteiger partial charge in [0.25, 0.3) is 5.92 Å². The van der Waals surface area contributed by atoms with E-state index in [0.717, 1.165) is 6.42 Å². The fourth-order valence-electron chi connectivity index (χ4n) is 1.06. The summed E-state index contributed by atoms with van der Waals surface area (Å²) in [5.74, 6) is -2.76. The molecule has 0 heterocycles. The molecule has 0 aromatic carbocycles. The molecule has 0 aliphatic carbocycles. The second kappa shape index (κ2) is 5.03. The van der Waals surface area contributed by atoms with Crippen LogP contribution >= 0.6 is 0 Å². The van der Waals surface area contributed by atoms with Gasteiger partial charge in [-0.05, 0) is 25.4 Å². The first-order valence-corrected chi connectivity index (χ1v) is 4.93.